The lowest BCUT2D eigenvalue weighted by Crippen LogP contribution is -2.46. The van der Waals surface area contributed by atoms with E-state index in [0.29, 0.717) is 17.1 Å². The molecule has 5 rings (SSSR count). The lowest BCUT2D eigenvalue weighted by atomic mass is 9.72. The molecule has 3 heterocycles. The number of hydrogen-bond acceptors (Lipinski definition) is 4. The van der Waals surface area contributed by atoms with Crippen molar-refractivity contribution in [1.82, 2.24) is 9.78 Å². The van der Waals surface area contributed by atoms with Gasteiger partial charge in [0.2, 0.25) is 11.8 Å². The Morgan fingerprint density at radius 1 is 1.17 bits per heavy atom. The summed E-state index contributed by atoms with van der Waals surface area (Å²) in [6, 6.07) is 14.8. The molecule has 0 aliphatic carbocycles. The molecular formula is C23H18N4O3. The van der Waals surface area contributed by atoms with Crippen LogP contribution in [0, 0.1) is 12.3 Å². The number of ether oxygens (including phenoxy) is 1. The van der Waals surface area contributed by atoms with Gasteiger partial charge in [-0.25, -0.2) is 4.68 Å². The Morgan fingerprint density at radius 3 is 2.67 bits per heavy atom. The van der Waals surface area contributed by atoms with Gasteiger partial charge < -0.3 is 10.1 Å². The Balaban J connectivity index is 1.72. The zero-order chi connectivity index (χ0) is 20.9. The average Bonchev–Trinajstić information content (AvgIpc) is 3.29. The highest BCUT2D eigenvalue weighted by Crippen LogP contribution is 2.52. The van der Waals surface area contributed by atoms with Crippen molar-refractivity contribution in [3.8, 4) is 23.8 Å². The maximum Gasteiger partial charge on any atom is 0.243 e. The van der Waals surface area contributed by atoms with E-state index in [-0.39, 0.29) is 24.8 Å². The van der Waals surface area contributed by atoms with Crippen molar-refractivity contribution in [2.45, 2.75) is 11.8 Å². The van der Waals surface area contributed by atoms with Crippen LogP contribution < -0.4 is 15.0 Å². The molecule has 2 aliphatic heterocycles. The molecule has 0 fully saturated rings. The normalized spacial score (nSPS) is 19.3. The first-order chi connectivity index (χ1) is 14.6. The van der Waals surface area contributed by atoms with Gasteiger partial charge in [0.25, 0.3) is 0 Å². The zero-order valence-electron chi connectivity index (χ0n) is 16.3. The molecule has 3 aromatic rings. The van der Waals surface area contributed by atoms with E-state index in [1.165, 1.54) is 0 Å². The van der Waals surface area contributed by atoms with Crippen molar-refractivity contribution in [1.29, 1.82) is 0 Å². The number of hydrogen-bond donors (Lipinski definition) is 1. The third-order valence-corrected chi connectivity index (χ3v) is 5.74. The van der Waals surface area contributed by atoms with Gasteiger partial charge in [-0.2, -0.15) is 5.10 Å². The van der Waals surface area contributed by atoms with E-state index in [1.54, 1.807) is 22.9 Å². The monoisotopic (exact) mass is 398 g/mol. The Labute approximate surface area is 173 Å². The first-order valence-corrected chi connectivity index (χ1v) is 9.48. The molecule has 1 atom stereocenters. The van der Waals surface area contributed by atoms with E-state index in [1.807, 2.05) is 48.5 Å². The maximum absolute atomic E-state index is 13.7. The summed E-state index contributed by atoms with van der Waals surface area (Å²) in [4.78, 5) is 28.0. The number of para-hydroxylation sites is 1. The maximum atomic E-state index is 13.7. The molecule has 148 valence electrons. The number of aromatic nitrogens is 2. The van der Waals surface area contributed by atoms with Crippen LogP contribution in [0.5, 0.6) is 5.75 Å². The Hall–Kier alpha value is -4.05. The second-order valence-electron chi connectivity index (χ2n) is 7.26. The minimum atomic E-state index is -1.14. The van der Waals surface area contributed by atoms with E-state index >= 15 is 0 Å². The quantitative estimate of drug-likeness (QED) is 0.688. The summed E-state index contributed by atoms with van der Waals surface area (Å²) in [5.41, 5.74) is 1.77. The minimum Gasteiger partial charge on any atom is -0.497 e. The molecule has 0 saturated carbocycles. The van der Waals surface area contributed by atoms with E-state index in [4.69, 9.17) is 11.2 Å². The van der Waals surface area contributed by atoms with Gasteiger partial charge in [-0.15, -0.1) is 6.42 Å². The Morgan fingerprint density at radius 2 is 1.93 bits per heavy atom. The van der Waals surface area contributed by atoms with Gasteiger partial charge in [-0.3, -0.25) is 14.5 Å². The van der Waals surface area contributed by atoms with Gasteiger partial charge >= 0.3 is 0 Å². The molecule has 0 radical (unpaired) electrons. The first-order valence-electron chi connectivity index (χ1n) is 9.48. The predicted octanol–water partition coefficient (Wildman–Crippen LogP) is 2.49. The fourth-order valence-electron chi connectivity index (χ4n) is 4.42. The number of nitrogens with one attached hydrogen (secondary N) is 1. The van der Waals surface area contributed by atoms with Gasteiger partial charge in [0, 0.05) is 17.7 Å². The predicted molar refractivity (Wildman–Crippen MR) is 112 cm³/mol. The number of nitrogens with zero attached hydrogens (tertiary/aromatic N) is 3. The summed E-state index contributed by atoms with van der Waals surface area (Å²) in [5.74, 6) is 3.30. The van der Waals surface area contributed by atoms with Gasteiger partial charge in [0.05, 0.1) is 25.5 Å². The van der Waals surface area contributed by atoms with Crippen LogP contribution in [0.25, 0.3) is 5.69 Å². The number of carbonyl (C=O) groups excluding carboxylic acids is 2. The fourth-order valence-corrected chi connectivity index (χ4v) is 4.42. The standard InChI is InChI=1S/C23H18N4O3/c1-3-12-26-19-7-5-4-6-17(19)23(22(26)29)13-20(28)25-21-18(23)14-24-27(21)15-8-10-16(30-2)11-9-15/h1,4-11,14H,12-13H2,2H3,(H,25,28). The van der Waals surface area contributed by atoms with Crippen LogP contribution in [0.15, 0.2) is 54.7 Å². The van der Waals surface area contributed by atoms with Crippen molar-refractivity contribution in [2.75, 3.05) is 23.9 Å². The van der Waals surface area contributed by atoms with Crippen LogP contribution in [-0.2, 0) is 15.0 Å². The summed E-state index contributed by atoms with van der Waals surface area (Å²) in [5, 5.41) is 7.41. The number of methoxy groups -OCH3 is 1. The minimum absolute atomic E-state index is 0.00518. The highest BCUT2D eigenvalue weighted by atomic mass is 16.5. The second-order valence-corrected chi connectivity index (χ2v) is 7.26. The van der Waals surface area contributed by atoms with Gasteiger partial charge in [-0.1, -0.05) is 24.1 Å². The van der Waals surface area contributed by atoms with Crippen LogP contribution in [0.1, 0.15) is 17.5 Å². The number of anilines is 2. The number of terminal acetylenes is 1. The second kappa shape index (κ2) is 6.49. The van der Waals surface area contributed by atoms with Crippen molar-refractivity contribution < 1.29 is 14.3 Å². The van der Waals surface area contributed by atoms with Crippen molar-refractivity contribution in [3.05, 3.63) is 65.9 Å². The molecular weight excluding hydrogens is 380 g/mol. The molecule has 30 heavy (non-hydrogen) atoms. The van der Waals surface area contributed by atoms with Gasteiger partial charge in [-0.05, 0) is 35.9 Å². The van der Waals surface area contributed by atoms with Crippen molar-refractivity contribution in [3.63, 3.8) is 0 Å². The van der Waals surface area contributed by atoms with E-state index in [9.17, 15) is 9.59 Å². The lowest BCUT2D eigenvalue weighted by molar-refractivity contribution is -0.126. The van der Waals surface area contributed by atoms with E-state index < -0.39 is 5.41 Å². The zero-order valence-corrected chi connectivity index (χ0v) is 16.3. The largest absolute Gasteiger partial charge is 0.497 e. The Kier molecular flexibility index (Phi) is 3.90. The van der Waals surface area contributed by atoms with Crippen LogP contribution in [-0.4, -0.2) is 35.2 Å². The summed E-state index contributed by atoms with van der Waals surface area (Å²) in [7, 11) is 1.60. The number of carbonyl (C=O) groups is 2. The van der Waals surface area contributed by atoms with Crippen LogP contribution >= 0.6 is 0 Å². The lowest BCUT2D eigenvalue weighted by Gasteiger charge is -2.32. The van der Waals surface area contributed by atoms with Crippen LogP contribution in [0.2, 0.25) is 0 Å². The highest BCUT2D eigenvalue weighted by Gasteiger charge is 2.56. The summed E-state index contributed by atoms with van der Waals surface area (Å²) in [6.07, 6.45) is 7.19. The van der Waals surface area contributed by atoms with Crippen molar-refractivity contribution in [2.24, 2.45) is 0 Å². The first kappa shape index (κ1) is 18.0. The van der Waals surface area contributed by atoms with Crippen LogP contribution in [0.3, 0.4) is 0 Å². The molecule has 7 nitrogen and oxygen atoms in total. The summed E-state index contributed by atoms with van der Waals surface area (Å²) in [6.45, 7) is 0.140. The SMILES string of the molecule is C#CCN1C(=O)C2(CC(=O)Nc3c2cnn3-c2ccc(OC)cc2)c2ccccc21. The number of rotatable bonds is 3. The molecule has 0 saturated heterocycles. The average molecular weight is 398 g/mol. The van der Waals surface area contributed by atoms with Gasteiger partial charge in [0.1, 0.15) is 17.0 Å². The Bertz CT molecular complexity index is 1220. The third kappa shape index (κ3) is 2.31. The smallest absolute Gasteiger partial charge is 0.243 e. The van der Waals surface area contributed by atoms with E-state index in [2.05, 4.69) is 16.3 Å². The summed E-state index contributed by atoms with van der Waals surface area (Å²) >= 11 is 0. The van der Waals surface area contributed by atoms with Crippen molar-refractivity contribution >= 4 is 23.3 Å². The highest BCUT2D eigenvalue weighted by molar-refractivity contribution is 6.16. The number of fused-ring (bicyclic) bond motifs is 4. The molecule has 1 N–H and O–H groups in total. The number of amides is 2. The van der Waals surface area contributed by atoms with Crippen LogP contribution in [0.4, 0.5) is 11.5 Å². The number of benzene rings is 2. The molecule has 7 heteroatoms. The molecule has 2 aliphatic rings. The fraction of sp³-hybridized carbons (Fsp3) is 0.174. The molecule has 2 aromatic carbocycles. The third-order valence-electron chi connectivity index (χ3n) is 5.74. The topological polar surface area (TPSA) is 76.5 Å². The molecule has 2 amide bonds. The molecule has 1 unspecified atom stereocenters. The van der Waals surface area contributed by atoms with E-state index in [0.717, 1.165) is 16.9 Å². The molecule has 1 spiro atoms. The van der Waals surface area contributed by atoms with Gasteiger partial charge in [0.15, 0.2) is 0 Å². The summed E-state index contributed by atoms with van der Waals surface area (Å²) < 4.78 is 6.85. The molecule has 0 bridgehead atoms. The molecule has 1 aromatic heterocycles.